The minimum Gasteiger partial charge on any atom is -0.392 e. The van der Waals surface area contributed by atoms with Crippen LogP contribution in [0, 0.1) is 45.3 Å². The number of aliphatic hydroxyl groups excluding tert-OH is 2. The van der Waals surface area contributed by atoms with Crippen LogP contribution in [0.4, 0.5) is 0 Å². The summed E-state index contributed by atoms with van der Waals surface area (Å²) in [5.74, 6) is 1.94. The van der Waals surface area contributed by atoms with E-state index in [1.807, 2.05) is 0 Å². The summed E-state index contributed by atoms with van der Waals surface area (Å²) in [7, 11) is 0. The Kier molecular flexibility index (Phi) is 5.27. The summed E-state index contributed by atoms with van der Waals surface area (Å²) in [6, 6.07) is 0. The van der Waals surface area contributed by atoms with Crippen molar-refractivity contribution in [3.63, 3.8) is 0 Å². The molecule has 3 nitrogen and oxygen atoms in total. The topological polar surface area (TPSA) is 49.7 Å². The van der Waals surface area contributed by atoms with Gasteiger partial charge in [-0.05, 0) is 80.5 Å². The maximum Gasteiger partial charge on any atom is 0.162 e. The normalized spacial score (nSPS) is 52.9. The maximum absolute atomic E-state index is 11.6. The fourth-order valence-electron chi connectivity index (χ4n) is 9.90. The third-order valence-corrected chi connectivity index (χ3v) is 12.1. The van der Waals surface area contributed by atoms with Crippen molar-refractivity contribution in [2.75, 3.05) is 0 Å². The summed E-state index contributed by atoms with van der Waals surface area (Å²) in [4.78, 5) is 0. The van der Waals surface area contributed by atoms with E-state index in [0.29, 0.717) is 17.8 Å². The van der Waals surface area contributed by atoms with Crippen LogP contribution in [0.15, 0.2) is 36.5 Å². The molecule has 0 radical (unpaired) electrons. The Labute approximate surface area is 201 Å². The van der Waals surface area contributed by atoms with Gasteiger partial charge in [-0.3, -0.25) is 0 Å². The lowest BCUT2D eigenvalue weighted by Crippen LogP contribution is -2.65. The second-order valence-electron chi connectivity index (χ2n) is 13.5. The zero-order valence-electron chi connectivity index (χ0n) is 21.7. The molecule has 1 aliphatic heterocycles. The highest BCUT2D eigenvalue weighted by Gasteiger charge is 2.78. The third kappa shape index (κ3) is 2.74. The fraction of sp³-hybridized carbons (Fsp3) is 0.800. The number of fused-ring (bicyclic) bond motifs is 2. The Balaban J connectivity index is 1.52. The summed E-state index contributed by atoms with van der Waals surface area (Å²) in [5, 5.41) is 22.5. The molecular formula is C30H46O3. The molecule has 3 heteroatoms. The van der Waals surface area contributed by atoms with E-state index in [1.54, 1.807) is 0 Å². The highest BCUT2D eigenvalue weighted by molar-refractivity contribution is 5.34. The van der Waals surface area contributed by atoms with Crippen LogP contribution < -0.4 is 0 Å². The zero-order chi connectivity index (χ0) is 24.0. The smallest absolute Gasteiger partial charge is 0.162 e. The summed E-state index contributed by atoms with van der Waals surface area (Å²) in [5.41, 5.74) is 0.360. The Hall–Kier alpha value is -0.900. The molecule has 1 heterocycles. The van der Waals surface area contributed by atoms with E-state index in [0.717, 1.165) is 37.7 Å². The first-order valence-corrected chi connectivity index (χ1v) is 13.4. The summed E-state index contributed by atoms with van der Waals surface area (Å²) in [6.07, 6.45) is 15.6. The molecule has 4 fully saturated rings. The van der Waals surface area contributed by atoms with Gasteiger partial charge < -0.3 is 14.9 Å². The van der Waals surface area contributed by atoms with Crippen molar-refractivity contribution in [2.45, 2.75) is 104 Å². The van der Waals surface area contributed by atoms with Crippen LogP contribution in [0.1, 0.15) is 86.5 Å². The second kappa shape index (κ2) is 7.31. The molecule has 4 aliphatic carbocycles. The van der Waals surface area contributed by atoms with Gasteiger partial charge in [-0.15, -0.1) is 0 Å². The zero-order valence-corrected chi connectivity index (χ0v) is 21.7. The Morgan fingerprint density at radius 2 is 1.82 bits per heavy atom. The quantitative estimate of drug-likeness (QED) is 0.381. The molecular weight excluding hydrogens is 408 g/mol. The number of allylic oxidation sites excluding steroid dienone is 4. The molecule has 3 saturated carbocycles. The molecule has 0 amide bonds. The summed E-state index contributed by atoms with van der Waals surface area (Å²) >= 11 is 0. The van der Waals surface area contributed by atoms with Gasteiger partial charge in [0.1, 0.15) is 5.60 Å². The van der Waals surface area contributed by atoms with Crippen LogP contribution in [0.25, 0.3) is 0 Å². The van der Waals surface area contributed by atoms with Crippen LogP contribution >= 0.6 is 0 Å². The van der Waals surface area contributed by atoms with Crippen molar-refractivity contribution in [3.05, 3.63) is 36.5 Å². The van der Waals surface area contributed by atoms with Crippen LogP contribution in [-0.4, -0.2) is 28.2 Å². The van der Waals surface area contributed by atoms with E-state index in [2.05, 4.69) is 72.4 Å². The molecule has 2 bridgehead atoms. The number of hydrogen-bond acceptors (Lipinski definition) is 3. The average Bonchev–Trinajstić information content (AvgIpc) is 3.09. The first-order valence-electron chi connectivity index (χ1n) is 13.4. The average molecular weight is 455 g/mol. The van der Waals surface area contributed by atoms with Gasteiger partial charge in [0.05, 0.1) is 6.10 Å². The number of hydrogen-bond donors (Lipinski definition) is 2. The summed E-state index contributed by atoms with van der Waals surface area (Å²) in [6.45, 7) is 17.9. The van der Waals surface area contributed by atoms with Crippen molar-refractivity contribution in [1.82, 2.24) is 0 Å². The second-order valence-corrected chi connectivity index (χ2v) is 13.5. The van der Waals surface area contributed by atoms with Crippen molar-refractivity contribution >= 4 is 0 Å². The third-order valence-electron chi connectivity index (χ3n) is 12.1. The maximum atomic E-state index is 11.6. The molecule has 2 N–H and O–H groups in total. The molecule has 5 rings (SSSR count). The molecule has 1 saturated heterocycles. The van der Waals surface area contributed by atoms with Crippen LogP contribution in [-0.2, 0) is 4.74 Å². The molecule has 10 atom stereocenters. The van der Waals surface area contributed by atoms with Crippen molar-refractivity contribution < 1.29 is 14.9 Å². The van der Waals surface area contributed by atoms with Crippen molar-refractivity contribution in [3.8, 4) is 0 Å². The Bertz CT molecular complexity index is 887. The molecule has 33 heavy (non-hydrogen) atoms. The predicted octanol–water partition coefficient (Wildman–Crippen LogP) is 6.42. The first-order chi connectivity index (χ1) is 15.4. The highest BCUT2D eigenvalue weighted by Crippen LogP contribution is 2.78. The van der Waals surface area contributed by atoms with E-state index < -0.39 is 23.4 Å². The van der Waals surface area contributed by atoms with Gasteiger partial charge in [-0.25, -0.2) is 0 Å². The van der Waals surface area contributed by atoms with Crippen LogP contribution in [0.2, 0.25) is 0 Å². The molecule has 2 unspecified atom stereocenters. The molecule has 1 spiro atoms. The minimum absolute atomic E-state index is 0.153. The van der Waals surface area contributed by atoms with E-state index in [4.69, 9.17) is 4.74 Å². The summed E-state index contributed by atoms with van der Waals surface area (Å²) < 4.78 is 6.59. The Morgan fingerprint density at radius 3 is 2.52 bits per heavy atom. The van der Waals surface area contributed by atoms with Crippen molar-refractivity contribution in [2.24, 2.45) is 45.3 Å². The molecule has 0 aromatic rings. The number of rotatable bonds is 4. The van der Waals surface area contributed by atoms with E-state index in [9.17, 15) is 10.2 Å². The van der Waals surface area contributed by atoms with Gasteiger partial charge in [0.2, 0.25) is 0 Å². The lowest BCUT2D eigenvalue weighted by Gasteiger charge is -2.65. The lowest BCUT2D eigenvalue weighted by molar-refractivity contribution is -0.213. The van der Waals surface area contributed by atoms with Gasteiger partial charge in [-0.1, -0.05) is 71.1 Å². The van der Waals surface area contributed by atoms with E-state index >= 15 is 0 Å². The van der Waals surface area contributed by atoms with Crippen LogP contribution in [0.5, 0.6) is 0 Å². The molecule has 0 aromatic heterocycles. The standard InChI is InChI=1S/C30H46O3/c1-19(2)9-8-10-20(3)21-13-15-28(7)22-14-16-30-23(11-12-24(31)26(30,4)5)29(22,25(32)33-30)18-17-27(21,28)6/h8-9,14,16,20-25,31-32H,1,10-13,15,17-18H2,2-7H3/b9-8+/t20-,21-,22+,23+,24?,25?,27-,28+,29+,30+/m1/s1. The molecule has 5 aliphatic rings. The minimum atomic E-state index is -0.747. The SMILES string of the molecule is C=C(C)/C=C/C[C@@H](C)[C@H]1CC[C@@]2(C)[C@@H]3C=C[C@]45OC(O)[C@]3(CC[C@]12C)[C@@H]4CCC(O)C5(C)C. The first kappa shape index (κ1) is 23.8. The van der Waals surface area contributed by atoms with E-state index in [-0.39, 0.29) is 22.2 Å². The monoisotopic (exact) mass is 454 g/mol. The highest BCUT2D eigenvalue weighted by atomic mass is 16.6. The molecule has 0 aromatic carbocycles. The number of aliphatic hydroxyl groups is 2. The van der Waals surface area contributed by atoms with Crippen molar-refractivity contribution in [1.29, 1.82) is 0 Å². The van der Waals surface area contributed by atoms with Gasteiger partial charge in [0, 0.05) is 16.7 Å². The van der Waals surface area contributed by atoms with Crippen LogP contribution in [0.3, 0.4) is 0 Å². The van der Waals surface area contributed by atoms with Gasteiger partial charge >= 0.3 is 0 Å². The fourth-order valence-corrected chi connectivity index (χ4v) is 9.90. The number of ether oxygens (including phenoxy) is 1. The molecule has 184 valence electrons. The van der Waals surface area contributed by atoms with E-state index in [1.165, 1.54) is 12.8 Å². The Morgan fingerprint density at radius 1 is 1.09 bits per heavy atom. The largest absolute Gasteiger partial charge is 0.392 e. The van der Waals surface area contributed by atoms with Gasteiger partial charge in [0.25, 0.3) is 0 Å². The predicted molar refractivity (Wildman–Crippen MR) is 133 cm³/mol. The lowest BCUT2D eigenvalue weighted by atomic mass is 9.38. The van der Waals surface area contributed by atoms with Gasteiger partial charge in [-0.2, -0.15) is 0 Å². The van der Waals surface area contributed by atoms with Gasteiger partial charge in [0.15, 0.2) is 6.29 Å².